The number of carbonyl (C=O) groups is 1. The number of aryl methyl sites for hydroxylation is 1. The fraction of sp³-hybridized carbons (Fsp3) is 0.0714. The van der Waals surface area contributed by atoms with E-state index < -0.39 is 0 Å². The summed E-state index contributed by atoms with van der Waals surface area (Å²) in [5, 5.41) is 0.380. The Balaban J connectivity index is 2.40. The lowest BCUT2D eigenvalue weighted by atomic mass is 10.2. The lowest BCUT2D eigenvalue weighted by Crippen LogP contribution is -1.92. The average molecular weight is 326 g/mol. The molecule has 0 aliphatic carbocycles. The van der Waals surface area contributed by atoms with Crippen molar-refractivity contribution >= 4 is 33.8 Å². The first-order chi connectivity index (χ1) is 8.61. The van der Waals surface area contributed by atoms with Gasteiger partial charge in [-0.2, -0.15) is 0 Å². The van der Waals surface area contributed by atoms with E-state index in [0.717, 1.165) is 10.0 Å². The Labute approximate surface area is 119 Å². The minimum atomic E-state index is 0.353. The highest BCUT2D eigenvalue weighted by atomic mass is 79.9. The van der Waals surface area contributed by atoms with Crippen molar-refractivity contribution in [3.63, 3.8) is 0 Å². The van der Waals surface area contributed by atoms with Gasteiger partial charge in [-0.25, -0.2) is 0 Å². The number of carbonyl (C=O) groups excluding carboxylic acids is 1. The van der Waals surface area contributed by atoms with E-state index in [1.807, 2.05) is 25.1 Å². The van der Waals surface area contributed by atoms with Crippen molar-refractivity contribution in [3.05, 3.63) is 57.0 Å². The van der Waals surface area contributed by atoms with Gasteiger partial charge in [0.25, 0.3) is 0 Å². The van der Waals surface area contributed by atoms with Crippen LogP contribution in [0.3, 0.4) is 0 Å². The Morgan fingerprint density at radius 1 is 1.22 bits per heavy atom. The summed E-state index contributed by atoms with van der Waals surface area (Å²) in [6.45, 7) is 1.99. The Morgan fingerprint density at radius 3 is 2.67 bits per heavy atom. The molecule has 18 heavy (non-hydrogen) atoms. The summed E-state index contributed by atoms with van der Waals surface area (Å²) in [7, 11) is 0. The second kappa shape index (κ2) is 5.55. The molecule has 0 N–H and O–H groups in total. The zero-order chi connectivity index (χ0) is 13.1. The first-order valence-electron chi connectivity index (χ1n) is 5.29. The van der Waals surface area contributed by atoms with Crippen molar-refractivity contribution in [2.45, 2.75) is 6.92 Å². The first-order valence-corrected chi connectivity index (χ1v) is 6.46. The van der Waals surface area contributed by atoms with Gasteiger partial charge in [0.05, 0.1) is 15.1 Å². The van der Waals surface area contributed by atoms with Crippen LogP contribution in [-0.4, -0.2) is 6.29 Å². The lowest BCUT2D eigenvalue weighted by molar-refractivity contribution is 0.112. The van der Waals surface area contributed by atoms with Crippen molar-refractivity contribution < 1.29 is 9.53 Å². The van der Waals surface area contributed by atoms with Gasteiger partial charge in [-0.1, -0.05) is 23.7 Å². The summed E-state index contributed by atoms with van der Waals surface area (Å²) in [4.78, 5) is 11.0. The quantitative estimate of drug-likeness (QED) is 0.741. The zero-order valence-electron chi connectivity index (χ0n) is 9.61. The largest absolute Gasteiger partial charge is 0.455 e. The minimum Gasteiger partial charge on any atom is -0.455 e. The Bertz CT molecular complexity index is 596. The second-order valence-electron chi connectivity index (χ2n) is 3.81. The molecule has 0 bridgehead atoms. The minimum absolute atomic E-state index is 0.353. The van der Waals surface area contributed by atoms with E-state index in [4.69, 9.17) is 16.3 Å². The van der Waals surface area contributed by atoms with Crippen molar-refractivity contribution in [1.82, 2.24) is 0 Å². The van der Waals surface area contributed by atoms with Crippen LogP contribution in [0.5, 0.6) is 11.5 Å². The van der Waals surface area contributed by atoms with Crippen LogP contribution in [0, 0.1) is 6.92 Å². The van der Waals surface area contributed by atoms with Crippen LogP contribution in [0.1, 0.15) is 15.9 Å². The van der Waals surface area contributed by atoms with Gasteiger partial charge in [0.2, 0.25) is 0 Å². The molecule has 2 nitrogen and oxygen atoms in total. The van der Waals surface area contributed by atoms with Crippen LogP contribution >= 0.6 is 27.5 Å². The van der Waals surface area contributed by atoms with Gasteiger partial charge < -0.3 is 4.74 Å². The van der Waals surface area contributed by atoms with Crippen LogP contribution in [0.2, 0.25) is 5.02 Å². The summed E-state index contributed by atoms with van der Waals surface area (Å²) in [5.74, 6) is 1.09. The molecule has 2 aromatic carbocycles. The Kier molecular flexibility index (Phi) is 4.04. The number of rotatable bonds is 3. The maximum atomic E-state index is 11.0. The number of hydrogen-bond acceptors (Lipinski definition) is 2. The highest BCUT2D eigenvalue weighted by Gasteiger charge is 2.10. The Morgan fingerprint density at radius 2 is 2.00 bits per heavy atom. The summed E-state index contributed by atoms with van der Waals surface area (Å²) < 4.78 is 6.54. The van der Waals surface area contributed by atoms with Gasteiger partial charge in [-0.3, -0.25) is 4.79 Å². The van der Waals surface area contributed by atoms with Crippen LogP contribution in [-0.2, 0) is 0 Å². The van der Waals surface area contributed by atoms with Gasteiger partial charge in [0.15, 0.2) is 6.29 Å². The summed E-state index contributed by atoms with van der Waals surface area (Å²) in [6.07, 6.45) is 0.694. The van der Waals surface area contributed by atoms with E-state index in [1.54, 1.807) is 18.2 Å². The molecule has 0 radical (unpaired) electrons. The van der Waals surface area contributed by atoms with E-state index in [9.17, 15) is 4.79 Å². The molecule has 0 aliphatic rings. The molecule has 0 atom stereocenters. The molecule has 0 spiro atoms. The number of benzene rings is 2. The third-order valence-electron chi connectivity index (χ3n) is 2.44. The molecule has 0 unspecified atom stereocenters. The number of aldehydes is 1. The molecular formula is C14H10BrClO2. The predicted octanol–water partition coefficient (Wildman–Crippen LogP) is 5.02. The van der Waals surface area contributed by atoms with Crippen LogP contribution < -0.4 is 4.74 Å². The smallest absolute Gasteiger partial charge is 0.155 e. The normalized spacial score (nSPS) is 10.2. The number of ether oxygens (including phenoxy) is 1. The second-order valence-corrected chi connectivity index (χ2v) is 5.07. The standard InChI is InChI=1S/C14H10BrClO2/c1-9-5-6-14(11(15)7-9)18-13-4-2-3-12(16)10(13)8-17/h2-8H,1H3. The van der Waals surface area contributed by atoms with E-state index in [0.29, 0.717) is 28.4 Å². The molecule has 0 heterocycles. The zero-order valence-corrected chi connectivity index (χ0v) is 12.0. The van der Waals surface area contributed by atoms with Crippen molar-refractivity contribution in [2.75, 3.05) is 0 Å². The summed E-state index contributed by atoms with van der Waals surface area (Å²) in [6, 6.07) is 10.8. The molecule has 0 amide bonds. The Hall–Kier alpha value is -1.32. The molecule has 2 aromatic rings. The molecule has 0 aromatic heterocycles. The van der Waals surface area contributed by atoms with E-state index in [2.05, 4.69) is 15.9 Å². The summed E-state index contributed by atoms with van der Waals surface area (Å²) in [5.41, 5.74) is 1.47. The SMILES string of the molecule is Cc1ccc(Oc2cccc(Cl)c2C=O)c(Br)c1. The molecule has 2 rings (SSSR count). The third-order valence-corrected chi connectivity index (χ3v) is 3.39. The highest BCUT2D eigenvalue weighted by molar-refractivity contribution is 9.10. The molecule has 0 aliphatic heterocycles. The van der Waals surface area contributed by atoms with E-state index in [1.165, 1.54) is 0 Å². The number of hydrogen-bond donors (Lipinski definition) is 0. The van der Waals surface area contributed by atoms with Crippen molar-refractivity contribution in [2.24, 2.45) is 0 Å². The lowest BCUT2D eigenvalue weighted by Gasteiger charge is -2.10. The van der Waals surface area contributed by atoms with Crippen molar-refractivity contribution in [3.8, 4) is 11.5 Å². The molecule has 4 heteroatoms. The predicted molar refractivity (Wildman–Crippen MR) is 75.8 cm³/mol. The van der Waals surface area contributed by atoms with Gasteiger partial charge in [0.1, 0.15) is 11.5 Å². The van der Waals surface area contributed by atoms with Gasteiger partial charge in [-0.05, 0) is 52.7 Å². The molecule has 0 saturated heterocycles. The fourth-order valence-electron chi connectivity index (χ4n) is 1.53. The van der Waals surface area contributed by atoms with Crippen LogP contribution in [0.15, 0.2) is 40.9 Å². The maximum absolute atomic E-state index is 11.0. The van der Waals surface area contributed by atoms with Crippen LogP contribution in [0.25, 0.3) is 0 Å². The number of halogens is 2. The topological polar surface area (TPSA) is 26.3 Å². The van der Waals surface area contributed by atoms with Gasteiger partial charge >= 0.3 is 0 Å². The molecular weight excluding hydrogens is 316 g/mol. The van der Waals surface area contributed by atoms with Crippen LogP contribution in [0.4, 0.5) is 0 Å². The highest BCUT2D eigenvalue weighted by Crippen LogP contribution is 2.33. The average Bonchev–Trinajstić information content (AvgIpc) is 2.33. The first kappa shape index (κ1) is 13.1. The molecule has 92 valence electrons. The maximum Gasteiger partial charge on any atom is 0.155 e. The van der Waals surface area contributed by atoms with Gasteiger partial charge in [-0.15, -0.1) is 0 Å². The fourth-order valence-corrected chi connectivity index (χ4v) is 2.31. The molecule has 0 saturated carbocycles. The van der Waals surface area contributed by atoms with Crippen molar-refractivity contribution in [1.29, 1.82) is 0 Å². The van der Waals surface area contributed by atoms with E-state index >= 15 is 0 Å². The third kappa shape index (κ3) is 2.74. The molecule has 0 fully saturated rings. The van der Waals surface area contributed by atoms with E-state index in [-0.39, 0.29) is 0 Å². The van der Waals surface area contributed by atoms with Gasteiger partial charge in [0, 0.05) is 0 Å². The summed E-state index contributed by atoms with van der Waals surface area (Å²) >= 11 is 9.36. The monoisotopic (exact) mass is 324 g/mol.